The van der Waals surface area contributed by atoms with Crippen LogP contribution in [0.25, 0.3) is 0 Å². The Balaban J connectivity index is 2.28. The van der Waals surface area contributed by atoms with Crippen LogP contribution in [0.15, 0.2) is 30.5 Å². The van der Waals surface area contributed by atoms with Gasteiger partial charge in [-0.25, -0.2) is 0 Å². The summed E-state index contributed by atoms with van der Waals surface area (Å²) in [6, 6.07) is 7.60. The minimum absolute atomic E-state index is 0.349. The van der Waals surface area contributed by atoms with Gasteiger partial charge in [0.2, 0.25) is 5.75 Å². The van der Waals surface area contributed by atoms with E-state index in [0.29, 0.717) is 30.4 Å². The van der Waals surface area contributed by atoms with Crippen molar-refractivity contribution in [3.8, 4) is 17.2 Å². The van der Waals surface area contributed by atoms with Crippen molar-refractivity contribution in [2.45, 2.75) is 20.1 Å². The van der Waals surface area contributed by atoms with Crippen LogP contribution in [0.3, 0.4) is 0 Å². The average Bonchev–Trinajstić information content (AvgIpc) is 2.53. The second-order valence-corrected chi connectivity index (χ2v) is 4.59. The number of methoxy groups -OCH3 is 2. The van der Waals surface area contributed by atoms with Crippen molar-refractivity contribution >= 4 is 0 Å². The Labute approximate surface area is 124 Å². The van der Waals surface area contributed by atoms with Gasteiger partial charge in [0, 0.05) is 12.7 Å². The van der Waals surface area contributed by atoms with Gasteiger partial charge in [-0.2, -0.15) is 0 Å². The van der Waals surface area contributed by atoms with E-state index in [-0.39, 0.29) is 0 Å². The van der Waals surface area contributed by atoms with Gasteiger partial charge in [-0.05, 0) is 36.2 Å². The SMILES string of the molecule is COc1cc(CN)cc(OC)c1OCc1ncccc1C. The fraction of sp³-hybridized carbons (Fsp3) is 0.312. The van der Waals surface area contributed by atoms with E-state index in [1.54, 1.807) is 20.4 Å². The zero-order chi connectivity index (χ0) is 15.2. The lowest BCUT2D eigenvalue weighted by Crippen LogP contribution is -2.05. The first-order valence-electron chi connectivity index (χ1n) is 6.67. The van der Waals surface area contributed by atoms with Crippen molar-refractivity contribution < 1.29 is 14.2 Å². The monoisotopic (exact) mass is 288 g/mol. The normalized spacial score (nSPS) is 10.3. The van der Waals surface area contributed by atoms with Crippen LogP contribution in [-0.4, -0.2) is 19.2 Å². The van der Waals surface area contributed by atoms with Crippen molar-refractivity contribution in [3.63, 3.8) is 0 Å². The van der Waals surface area contributed by atoms with Crippen LogP contribution >= 0.6 is 0 Å². The lowest BCUT2D eigenvalue weighted by Gasteiger charge is -2.16. The molecule has 2 rings (SSSR count). The highest BCUT2D eigenvalue weighted by molar-refractivity contribution is 5.53. The molecule has 1 heterocycles. The van der Waals surface area contributed by atoms with Gasteiger partial charge in [-0.15, -0.1) is 0 Å². The zero-order valence-corrected chi connectivity index (χ0v) is 12.6. The minimum atomic E-state index is 0.349. The van der Waals surface area contributed by atoms with Gasteiger partial charge in [0.15, 0.2) is 11.5 Å². The van der Waals surface area contributed by atoms with E-state index >= 15 is 0 Å². The maximum atomic E-state index is 5.86. The molecule has 0 saturated heterocycles. The van der Waals surface area contributed by atoms with Gasteiger partial charge >= 0.3 is 0 Å². The summed E-state index contributed by atoms with van der Waals surface area (Å²) in [4.78, 5) is 4.31. The third-order valence-corrected chi connectivity index (χ3v) is 3.23. The van der Waals surface area contributed by atoms with E-state index in [4.69, 9.17) is 19.9 Å². The van der Waals surface area contributed by atoms with Crippen molar-refractivity contribution in [2.75, 3.05) is 14.2 Å². The first-order chi connectivity index (χ1) is 10.2. The van der Waals surface area contributed by atoms with E-state index in [0.717, 1.165) is 16.8 Å². The van der Waals surface area contributed by atoms with Gasteiger partial charge in [0.25, 0.3) is 0 Å². The molecule has 0 fully saturated rings. The maximum Gasteiger partial charge on any atom is 0.203 e. The predicted octanol–water partition coefficient (Wildman–Crippen LogP) is 2.44. The average molecular weight is 288 g/mol. The predicted molar refractivity (Wildman–Crippen MR) is 80.7 cm³/mol. The third-order valence-electron chi connectivity index (χ3n) is 3.23. The molecule has 5 heteroatoms. The largest absolute Gasteiger partial charge is 0.493 e. The Morgan fingerprint density at radius 2 is 1.81 bits per heavy atom. The summed E-state index contributed by atoms with van der Waals surface area (Å²) in [5, 5.41) is 0. The van der Waals surface area contributed by atoms with Gasteiger partial charge in [-0.3, -0.25) is 4.98 Å². The quantitative estimate of drug-likeness (QED) is 0.884. The topological polar surface area (TPSA) is 66.6 Å². The number of rotatable bonds is 6. The van der Waals surface area contributed by atoms with Gasteiger partial charge < -0.3 is 19.9 Å². The van der Waals surface area contributed by atoms with Crippen LogP contribution in [0.5, 0.6) is 17.2 Å². The summed E-state index contributed by atoms with van der Waals surface area (Å²) < 4.78 is 16.6. The molecule has 0 atom stereocenters. The van der Waals surface area contributed by atoms with Crippen molar-refractivity contribution in [3.05, 3.63) is 47.3 Å². The zero-order valence-electron chi connectivity index (χ0n) is 12.6. The lowest BCUT2D eigenvalue weighted by molar-refractivity contribution is 0.262. The fourth-order valence-electron chi connectivity index (χ4n) is 2.00. The third kappa shape index (κ3) is 3.44. The number of benzene rings is 1. The van der Waals surface area contributed by atoms with Crippen LogP contribution in [-0.2, 0) is 13.2 Å². The number of aromatic nitrogens is 1. The van der Waals surface area contributed by atoms with Crippen molar-refractivity contribution in [1.29, 1.82) is 0 Å². The van der Waals surface area contributed by atoms with E-state index < -0.39 is 0 Å². The molecule has 2 aromatic rings. The molecule has 21 heavy (non-hydrogen) atoms. The number of nitrogens with zero attached hydrogens (tertiary/aromatic N) is 1. The number of nitrogens with two attached hydrogens (primary N) is 1. The Morgan fingerprint density at radius 1 is 1.14 bits per heavy atom. The fourth-order valence-corrected chi connectivity index (χ4v) is 2.00. The Bertz CT molecular complexity index is 589. The number of hydrogen-bond donors (Lipinski definition) is 1. The van der Waals surface area contributed by atoms with Crippen LogP contribution in [0, 0.1) is 6.92 Å². The van der Waals surface area contributed by atoms with Crippen molar-refractivity contribution in [2.24, 2.45) is 5.73 Å². The van der Waals surface area contributed by atoms with E-state index in [2.05, 4.69) is 4.98 Å². The van der Waals surface area contributed by atoms with Gasteiger partial charge in [0.1, 0.15) is 6.61 Å². The second-order valence-electron chi connectivity index (χ2n) is 4.59. The summed E-state index contributed by atoms with van der Waals surface area (Å²) in [5.74, 6) is 1.76. The molecule has 0 spiro atoms. The molecule has 1 aromatic heterocycles. The summed E-state index contributed by atoms with van der Waals surface area (Å²) in [7, 11) is 3.18. The molecule has 0 saturated carbocycles. The molecule has 112 valence electrons. The summed E-state index contributed by atoms with van der Waals surface area (Å²) in [6.45, 7) is 2.76. The Hall–Kier alpha value is -2.27. The summed E-state index contributed by atoms with van der Waals surface area (Å²) in [5.41, 5.74) is 8.55. The van der Waals surface area contributed by atoms with Crippen LogP contribution < -0.4 is 19.9 Å². The number of pyridine rings is 1. The Kier molecular flexibility index (Phi) is 5.00. The molecule has 0 aliphatic rings. The first kappa shape index (κ1) is 15.1. The molecular formula is C16H20N2O3. The molecule has 0 radical (unpaired) electrons. The second kappa shape index (κ2) is 6.95. The standard InChI is InChI=1S/C16H20N2O3/c1-11-5-4-6-18-13(11)10-21-16-14(19-2)7-12(9-17)8-15(16)20-3/h4-8H,9-10,17H2,1-3H3. The molecule has 0 aliphatic carbocycles. The molecule has 0 amide bonds. The smallest absolute Gasteiger partial charge is 0.203 e. The lowest BCUT2D eigenvalue weighted by atomic mass is 10.2. The van der Waals surface area contributed by atoms with Crippen LogP contribution in [0.4, 0.5) is 0 Å². The Morgan fingerprint density at radius 3 is 2.33 bits per heavy atom. The van der Waals surface area contributed by atoms with E-state index in [1.807, 2.05) is 31.2 Å². The molecule has 0 bridgehead atoms. The number of ether oxygens (including phenoxy) is 3. The minimum Gasteiger partial charge on any atom is -0.493 e. The van der Waals surface area contributed by atoms with Gasteiger partial charge in [0.05, 0.1) is 19.9 Å². The van der Waals surface area contributed by atoms with Gasteiger partial charge in [-0.1, -0.05) is 6.07 Å². The van der Waals surface area contributed by atoms with E-state index in [1.165, 1.54) is 0 Å². The summed E-state index contributed by atoms with van der Waals surface area (Å²) in [6.07, 6.45) is 1.75. The van der Waals surface area contributed by atoms with E-state index in [9.17, 15) is 0 Å². The molecule has 2 N–H and O–H groups in total. The van der Waals surface area contributed by atoms with Crippen molar-refractivity contribution in [1.82, 2.24) is 4.98 Å². The van der Waals surface area contributed by atoms with Crippen LogP contribution in [0.1, 0.15) is 16.8 Å². The highest BCUT2D eigenvalue weighted by Crippen LogP contribution is 2.39. The maximum absolute atomic E-state index is 5.86. The number of aryl methyl sites for hydroxylation is 1. The first-order valence-corrected chi connectivity index (χ1v) is 6.67. The molecule has 5 nitrogen and oxygen atoms in total. The highest BCUT2D eigenvalue weighted by atomic mass is 16.5. The molecule has 0 aliphatic heterocycles. The highest BCUT2D eigenvalue weighted by Gasteiger charge is 2.14. The van der Waals surface area contributed by atoms with Crippen LogP contribution in [0.2, 0.25) is 0 Å². The summed E-state index contributed by atoms with van der Waals surface area (Å²) >= 11 is 0. The number of hydrogen-bond acceptors (Lipinski definition) is 5. The molecule has 0 unspecified atom stereocenters. The molecular weight excluding hydrogens is 268 g/mol. The molecule has 1 aromatic carbocycles.